The zero-order chi connectivity index (χ0) is 18.7. The van der Waals surface area contributed by atoms with Gasteiger partial charge in [0.2, 0.25) is 0 Å². The van der Waals surface area contributed by atoms with Crippen LogP contribution in [-0.2, 0) is 18.5 Å². The SMILES string of the molecule is C.CCSOCN(C(=O)C(OC(=O)NC)C(C)C)C(C)/C=C/C(C)=O. The van der Waals surface area contributed by atoms with Crippen LogP contribution >= 0.6 is 12.0 Å². The number of nitrogens with zero attached hydrogens (tertiary/aromatic N) is 1. The highest BCUT2D eigenvalue weighted by molar-refractivity contribution is 7.94. The molecule has 7 nitrogen and oxygen atoms in total. The monoisotopic (exact) mass is 376 g/mol. The normalized spacial score (nSPS) is 13.1. The maximum Gasteiger partial charge on any atom is 0.407 e. The Kier molecular flexibility index (Phi) is 14.1. The van der Waals surface area contributed by atoms with Crippen molar-refractivity contribution in [2.45, 2.75) is 54.2 Å². The fraction of sp³-hybridized carbons (Fsp3) is 0.706. The number of rotatable bonds is 10. The molecule has 0 saturated carbocycles. The molecule has 2 unspecified atom stereocenters. The summed E-state index contributed by atoms with van der Waals surface area (Å²) in [6, 6.07) is -0.381. The number of amides is 2. The summed E-state index contributed by atoms with van der Waals surface area (Å²) in [6.45, 7) is 8.75. The minimum absolute atomic E-state index is 0. The van der Waals surface area contributed by atoms with Gasteiger partial charge in [-0.05, 0) is 37.9 Å². The molecule has 146 valence electrons. The van der Waals surface area contributed by atoms with Gasteiger partial charge in [0.05, 0.1) is 6.04 Å². The number of alkyl carbamates (subject to hydrolysis) is 1. The van der Waals surface area contributed by atoms with Crippen LogP contribution in [0.25, 0.3) is 0 Å². The van der Waals surface area contributed by atoms with E-state index in [2.05, 4.69) is 5.32 Å². The molecule has 0 aromatic carbocycles. The molecule has 0 aliphatic carbocycles. The van der Waals surface area contributed by atoms with Crippen molar-refractivity contribution in [3.05, 3.63) is 12.2 Å². The maximum atomic E-state index is 12.8. The van der Waals surface area contributed by atoms with Gasteiger partial charge in [-0.3, -0.25) is 13.8 Å². The highest BCUT2D eigenvalue weighted by Crippen LogP contribution is 2.15. The molecule has 2 amide bonds. The van der Waals surface area contributed by atoms with E-state index in [1.165, 1.54) is 37.0 Å². The average Bonchev–Trinajstić information content (AvgIpc) is 2.53. The summed E-state index contributed by atoms with van der Waals surface area (Å²) in [5, 5.41) is 2.34. The van der Waals surface area contributed by atoms with E-state index < -0.39 is 12.2 Å². The standard InChI is InChI=1S/C16H28N2O5S.CH4/c1-7-24-22-10-18(12(4)8-9-13(5)19)15(20)14(11(2)3)23-16(21)17-6;/h8-9,11-12,14H,7,10H2,1-6H3,(H,17,21);1H4/b9-8+;. The van der Waals surface area contributed by atoms with Crippen LogP contribution < -0.4 is 5.32 Å². The maximum absolute atomic E-state index is 12.8. The van der Waals surface area contributed by atoms with Crippen molar-refractivity contribution >= 4 is 29.8 Å². The molecular formula is C17H32N2O5S. The number of ether oxygens (including phenoxy) is 1. The van der Waals surface area contributed by atoms with Gasteiger partial charge in [-0.2, -0.15) is 0 Å². The third-order valence-corrected chi connectivity index (χ3v) is 3.57. The van der Waals surface area contributed by atoms with Crippen LogP contribution in [-0.4, -0.2) is 54.4 Å². The summed E-state index contributed by atoms with van der Waals surface area (Å²) in [5.41, 5.74) is 0. The Balaban J connectivity index is 0. The predicted octanol–water partition coefficient (Wildman–Crippen LogP) is 3.01. The number of carbonyl (C=O) groups is 3. The van der Waals surface area contributed by atoms with Crippen molar-refractivity contribution in [3.8, 4) is 0 Å². The number of allylic oxidation sites excluding steroid dienone is 1. The van der Waals surface area contributed by atoms with Gasteiger partial charge < -0.3 is 15.0 Å². The molecule has 0 aliphatic rings. The molecule has 0 aromatic rings. The Labute approximate surface area is 155 Å². The molecule has 0 radical (unpaired) electrons. The second kappa shape index (κ2) is 13.7. The molecule has 0 heterocycles. The Bertz CT molecular complexity index is 454. The molecular weight excluding hydrogens is 344 g/mol. The van der Waals surface area contributed by atoms with Crippen LogP contribution in [0.2, 0.25) is 0 Å². The summed E-state index contributed by atoms with van der Waals surface area (Å²) in [5.74, 6) is 0.0495. The van der Waals surface area contributed by atoms with Crippen LogP contribution in [0.5, 0.6) is 0 Å². The number of ketones is 1. The van der Waals surface area contributed by atoms with Gasteiger partial charge in [0.25, 0.3) is 5.91 Å². The van der Waals surface area contributed by atoms with E-state index in [4.69, 9.17) is 8.92 Å². The van der Waals surface area contributed by atoms with E-state index in [9.17, 15) is 14.4 Å². The molecule has 1 N–H and O–H groups in total. The molecule has 0 rings (SSSR count). The van der Waals surface area contributed by atoms with Crippen molar-refractivity contribution in [2.75, 3.05) is 19.5 Å². The van der Waals surface area contributed by atoms with Crippen molar-refractivity contribution in [1.82, 2.24) is 10.2 Å². The largest absolute Gasteiger partial charge is 0.436 e. The Hall–Kier alpha value is -1.54. The van der Waals surface area contributed by atoms with E-state index in [1.54, 1.807) is 26.8 Å². The smallest absolute Gasteiger partial charge is 0.407 e. The zero-order valence-corrected chi connectivity index (χ0v) is 16.0. The fourth-order valence-electron chi connectivity index (χ4n) is 1.75. The number of nitrogens with one attached hydrogen (secondary N) is 1. The quantitative estimate of drug-likeness (QED) is 0.273. The van der Waals surface area contributed by atoms with E-state index in [1.807, 2.05) is 6.92 Å². The predicted molar refractivity (Wildman–Crippen MR) is 101 cm³/mol. The van der Waals surface area contributed by atoms with Gasteiger partial charge in [-0.1, -0.05) is 34.3 Å². The van der Waals surface area contributed by atoms with Crippen molar-refractivity contribution < 1.29 is 23.3 Å². The fourth-order valence-corrected chi connectivity index (χ4v) is 2.10. The van der Waals surface area contributed by atoms with Gasteiger partial charge in [-0.15, -0.1) is 0 Å². The molecule has 0 aliphatic heterocycles. The molecule has 0 saturated heterocycles. The second-order valence-corrected chi connectivity index (χ2v) is 6.54. The minimum Gasteiger partial charge on any atom is -0.436 e. The first kappa shape index (κ1) is 25.7. The third kappa shape index (κ3) is 10.1. The van der Waals surface area contributed by atoms with Crippen LogP contribution in [0.15, 0.2) is 12.2 Å². The lowest BCUT2D eigenvalue weighted by Crippen LogP contribution is -2.48. The Morgan fingerprint density at radius 3 is 2.28 bits per heavy atom. The van der Waals surface area contributed by atoms with Crippen molar-refractivity contribution in [1.29, 1.82) is 0 Å². The van der Waals surface area contributed by atoms with E-state index in [0.29, 0.717) is 0 Å². The summed E-state index contributed by atoms with van der Waals surface area (Å²) in [7, 11) is 1.43. The van der Waals surface area contributed by atoms with Crippen molar-refractivity contribution in [3.63, 3.8) is 0 Å². The van der Waals surface area contributed by atoms with Gasteiger partial charge in [0.1, 0.15) is 6.73 Å². The van der Waals surface area contributed by atoms with Crippen LogP contribution in [0, 0.1) is 5.92 Å². The zero-order valence-electron chi connectivity index (χ0n) is 15.2. The highest BCUT2D eigenvalue weighted by Gasteiger charge is 2.32. The second-order valence-electron chi connectivity index (χ2n) is 5.49. The molecule has 0 fully saturated rings. The number of hydrogen-bond acceptors (Lipinski definition) is 6. The third-order valence-electron chi connectivity index (χ3n) is 3.06. The van der Waals surface area contributed by atoms with Gasteiger partial charge >= 0.3 is 6.09 Å². The van der Waals surface area contributed by atoms with Crippen LogP contribution in [0.3, 0.4) is 0 Å². The number of carbonyl (C=O) groups excluding carboxylic acids is 3. The Morgan fingerprint density at radius 2 is 1.84 bits per heavy atom. The number of hydrogen-bond donors (Lipinski definition) is 1. The summed E-state index contributed by atoms with van der Waals surface area (Å²) < 4.78 is 10.6. The highest BCUT2D eigenvalue weighted by atomic mass is 32.2. The van der Waals surface area contributed by atoms with E-state index in [0.717, 1.165) is 5.75 Å². The molecule has 0 spiro atoms. The topological polar surface area (TPSA) is 84.9 Å². The average molecular weight is 377 g/mol. The molecule has 8 heteroatoms. The van der Waals surface area contributed by atoms with Crippen molar-refractivity contribution in [2.24, 2.45) is 5.92 Å². The Morgan fingerprint density at radius 1 is 1.24 bits per heavy atom. The molecule has 2 atom stereocenters. The first-order chi connectivity index (χ1) is 11.2. The van der Waals surface area contributed by atoms with E-state index in [-0.39, 0.29) is 37.8 Å². The van der Waals surface area contributed by atoms with Gasteiger partial charge in [0.15, 0.2) is 11.9 Å². The summed E-state index contributed by atoms with van der Waals surface area (Å²) >= 11 is 1.23. The van der Waals surface area contributed by atoms with Gasteiger partial charge in [-0.25, -0.2) is 4.79 Å². The van der Waals surface area contributed by atoms with E-state index >= 15 is 0 Å². The lowest BCUT2D eigenvalue weighted by atomic mass is 10.1. The summed E-state index contributed by atoms with van der Waals surface area (Å²) in [6.07, 6.45) is 1.42. The van der Waals surface area contributed by atoms with Gasteiger partial charge in [0, 0.05) is 12.8 Å². The first-order valence-electron chi connectivity index (χ1n) is 7.86. The molecule has 0 aromatic heterocycles. The minimum atomic E-state index is -0.937. The van der Waals surface area contributed by atoms with Crippen LogP contribution in [0.1, 0.15) is 42.0 Å². The lowest BCUT2D eigenvalue weighted by molar-refractivity contribution is -0.146. The molecule has 25 heavy (non-hydrogen) atoms. The molecule has 0 bridgehead atoms. The first-order valence-corrected chi connectivity index (χ1v) is 8.77. The van der Waals surface area contributed by atoms with Crippen LogP contribution in [0.4, 0.5) is 4.79 Å². The summed E-state index contributed by atoms with van der Waals surface area (Å²) in [4.78, 5) is 36.9. The lowest BCUT2D eigenvalue weighted by Gasteiger charge is -2.31.